The Hall–Kier alpha value is -1.20. The van der Waals surface area contributed by atoms with Crippen LogP contribution in [0, 0.1) is 5.82 Å². The van der Waals surface area contributed by atoms with E-state index in [4.69, 9.17) is 0 Å². The maximum absolute atomic E-state index is 13.9. The molecule has 0 saturated carbocycles. The molecule has 0 aliphatic carbocycles. The number of nitrogens with zero attached hydrogens (tertiary/aromatic N) is 2. The van der Waals surface area contributed by atoms with E-state index in [1.807, 2.05) is 24.9 Å². The van der Waals surface area contributed by atoms with Crippen molar-refractivity contribution in [1.29, 1.82) is 0 Å². The third kappa shape index (κ3) is 2.62. The zero-order valence-electron chi connectivity index (χ0n) is 10.3. The number of halogens is 2. The van der Waals surface area contributed by atoms with Crippen molar-refractivity contribution in [3.63, 3.8) is 0 Å². The van der Waals surface area contributed by atoms with Gasteiger partial charge >= 0.3 is 0 Å². The number of aryl methyl sites for hydroxylation is 1. The third-order valence-corrected chi connectivity index (χ3v) is 3.36. The summed E-state index contributed by atoms with van der Waals surface area (Å²) in [6.07, 6.45) is 3.70. The van der Waals surface area contributed by atoms with Gasteiger partial charge in [-0.1, -0.05) is 15.9 Å². The fraction of sp³-hybridized carbons (Fsp3) is 0.308. The first-order valence-corrected chi connectivity index (χ1v) is 6.59. The highest BCUT2D eigenvalue weighted by molar-refractivity contribution is 9.10. The van der Waals surface area contributed by atoms with Gasteiger partial charge in [0.15, 0.2) is 0 Å². The molecule has 96 valence electrons. The minimum Gasteiger partial charge on any atom is -0.309 e. The quantitative estimate of drug-likeness (QED) is 0.940. The number of hydrogen-bond donors (Lipinski definition) is 1. The fourth-order valence-corrected chi connectivity index (χ4v) is 2.32. The lowest BCUT2D eigenvalue weighted by Crippen LogP contribution is -2.18. The molecular weight excluding hydrogens is 297 g/mol. The third-order valence-electron chi connectivity index (χ3n) is 2.87. The molecule has 0 saturated heterocycles. The van der Waals surface area contributed by atoms with Crippen molar-refractivity contribution in [3.05, 3.63) is 52.0 Å². The smallest absolute Gasteiger partial charge is 0.128 e. The highest BCUT2D eigenvalue weighted by atomic mass is 79.9. The van der Waals surface area contributed by atoms with E-state index in [0.717, 1.165) is 16.6 Å². The van der Waals surface area contributed by atoms with Crippen molar-refractivity contribution in [2.24, 2.45) is 0 Å². The van der Waals surface area contributed by atoms with Gasteiger partial charge in [-0.3, -0.25) is 4.68 Å². The molecule has 3 nitrogen and oxygen atoms in total. The van der Waals surface area contributed by atoms with Crippen LogP contribution >= 0.6 is 15.9 Å². The lowest BCUT2D eigenvalue weighted by atomic mass is 10.0. The normalized spacial score (nSPS) is 12.7. The van der Waals surface area contributed by atoms with Gasteiger partial charge in [0.2, 0.25) is 0 Å². The molecule has 0 aliphatic rings. The predicted octanol–water partition coefficient (Wildman–Crippen LogP) is 3.11. The van der Waals surface area contributed by atoms with Crippen LogP contribution in [0.4, 0.5) is 4.39 Å². The fourth-order valence-electron chi connectivity index (χ4n) is 1.94. The molecule has 0 radical (unpaired) electrons. The first-order valence-electron chi connectivity index (χ1n) is 5.80. The van der Waals surface area contributed by atoms with E-state index in [-0.39, 0.29) is 11.9 Å². The summed E-state index contributed by atoms with van der Waals surface area (Å²) in [7, 11) is 1.81. The molecule has 2 rings (SSSR count). The molecule has 0 spiro atoms. The molecule has 1 unspecified atom stereocenters. The first kappa shape index (κ1) is 13.2. The lowest BCUT2D eigenvalue weighted by molar-refractivity contribution is 0.575. The van der Waals surface area contributed by atoms with Crippen LogP contribution in [0.15, 0.2) is 35.1 Å². The first-order chi connectivity index (χ1) is 8.65. The topological polar surface area (TPSA) is 29.9 Å². The molecule has 0 amide bonds. The zero-order valence-corrected chi connectivity index (χ0v) is 11.9. The average Bonchev–Trinajstić information content (AvgIpc) is 2.83. The van der Waals surface area contributed by atoms with Gasteiger partial charge in [-0.2, -0.15) is 5.10 Å². The molecule has 18 heavy (non-hydrogen) atoms. The summed E-state index contributed by atoms with van der Waals surface area (Å²) < 4.78 is 16.6. The maximum Gasteiger partial charge on any atom is 0.128 e. The minimum absolute atomic E-state index is 0.192. The second-order valence-corrected chi connectivity index (χ2v) is 4.93. The molecule has 1 N–H and O–H groups in total. The van der Waals surface area contributed by atoms with E-state index in [1.165, 1.54) is 6.07 Å². The van der Waals surface area contributed by atoms with Crippen molar-refractivity contribution in [2.75, 3.05) is 7.05 Å². The van der Waals surface area contributed by atoms with Gasteiger partial charge in [0.05, 0.1) is 12.2 Å². The lowest BCUT2D eigenvalue weighted by Gasteiger charge is -2.16. The molecule has 0 fully saturated rings. The van der Waals surface area contributed by atoms with Gasteiger partial charge in [0.1, 0.15) is 5.82 Å². The zero-order chi connectivity index (χ0) is 13.1. The van der Waals surface area contributed by atoms with E-state index in [2.05, 4.69) is 26.3 Å². The van der Waals surface area contributed by atoms with Gasteiger partial charge < -0.3 is 5.32 Å². The number of nitrogens with one attached hydrogen (secondary N) is 1. The second-order valence-electron chi connectivity index (χ2n) is 4.02. The molecule has 0 aliphatic heterocycles. The Balaban J connectivity index is 2.41. The SMILES string of the molecule is CCn1cc(C(NC)c2cc(Br)ccc2F)cn1. The molecule has 0 bridgehead atoms. The summed E-state index contributed by atoms with van der Waals surface area (Å²) in [5, 5.41) is 7.35. The van der Waals surface area contributed by atoms with Gasteiger partial charge in [0, 0.05) is 28.3 Å². The highest BCUT2D eigenvalue weighted by Gasteiger charge is 2.18. The van der Waals surface area contributed by atoms with Crippen LogP contribution < -0.4 is 5.32 Å². The van der Waals surface area contributed by atoms with Crippen LogP contribution in [0.1, 0.15) is 24.1 Å². The Morgan fingerprint density at radius 3 is 2.89 bits per heavy atom. The summed E-state index contributed by atoms with van der Waals surface area (Å²) in [6.45, 7) is 2.82. The number of rotatable bonds is 4. The standard InChI is InChI=1S/C13H15BrFN3/c1-3-18-8-9(7-17-18)13(16-2)11-6-10(14)4-5-12(11)15/h4-8,13,16H,3H2,1-2H3. The van der Waals surface area contributed by atoms with E-state index in [1.54, 1.807) is 18.3 Å². The summed E-state index contributed by atoms with van der Waals surface area (Å²) in [6, 6.07) is 4.76. The van der Waals surface area contributed by atoms with Crippen molar-refractivity contribution in [2.45, 2.75) is 19.5 Å². The average molecular weight is 312 g/mol. The molecule has 1 aromatic carbocycles. The van der Waals surface area contributed by atoms with Crippen molar-refractivity contribution in [1.82, 2.24) is 15.1 Å². The Morgan fingerprint density at radius 1 is 1.50 bits per heavy atom. The van der Waals surface area contributed by atoms with Crippen LogP contribution in [0.25, 0.3) is 0 Å². The van der Waals surface area contributed by atoms with Crippen LogP contribution in [0.3, 0.4) is 0 Å². The molecule has 1 aromatic heterocycles. The molecule has 1 atom stereocenters. The minimum atomic E-state index is -0.221. The Kier molecular flexibility index (Phi) is 4.14. The summed E-state index contributed by atoms with van der Waals surface area (Å²) in [4.78, 5) is 0. The van der Waals surface area contributed by atoms with E-state index in [9.17, 15) is 4.39 Å². The van der Waals surface area contributed by atoms with Crippen LogP contribution in [-0.2, 0) is 6.54 Å². The van der Waals surface area contributed by atoms with Crippen molar-refractivity contribution < 1.29 is 4.39 Å². The molecule has 1 heterocycles. The number of hydrogen-bond acceptors (Lipinski definition) is 2. The molecule has 5 heteroatoms. The summed E-state index contributed by atoms with van der Waals surface area (Å²) >= 11 is 3.37. The van der Waals surface area contributed by atoms with Crippen molar-refractivity contribution >= 4 is 15.9 Å². The number of benzene rings is 1. The van der Waals surface area contributed by atoms with Crippen LogP contribution in [0.2, 0.25) is 0 Å². The van der Waals surface area contributed by atoms with Gasteiger partial charge in [0.25, 0.3) is 0 Å². The van der Waals surface area contributed by atoms with Gasteiger partial charge in [-0.05, 0) is 32.2 Å². The monoisotopic (exact) mass is 311 g/mol. The van der Waals surface area contributed by atoms with E-state index >= 15 is 0 Å². The van der Waals surface area contributed by atoms with E-state index < -0.39 is 0 Å². The van der Waals surface area contributed by atoms with E-state index in [0.29, 0.717) is 5.56 Å². The highest BCUT2D eigenvalue weighted by Crippen LogP contribution is 2.26. The predicted molar refractivity (Wildman–Crippen MR) is 72.9 cm³/mol. The maximum atomic E-state index is 13.9. The number of aromatic nitrogens is 2. The van der Waals surface area contributed by atoms with Gasteiger partial charge in [-0.15, -0.1) is 0 Å². The molecule has 2 aromatic rings. The Morgan fingerprint density at radius 2 is 2.28 bits per heavy atom. The second kappa shape index (κ2) is 5.63. The van der Waals surface area contributed by atoms with Crippen LogP contribution in [-0.4, -0.2) is 16.8 Å². The van der Waals surface area contributed by atoms with Crippen LogP contribution in [0.5, 0.6) is 0 Å². The largest absolute Gasteiger partial charge is 0.309 e. The summed E-state index contributed by atoms with van der Waals surface area (Å²) in [5.74, 6) is -0.221. The van der Waals surface area contributed by atoms with Crippen molar-refractivity contribution in [3.8, 4) is 0 Å². The molecular formula is C13H15BrFN3. The summed E-state index contributed by atoms with van der Waals surface area (Å²) in [5.41, 5.74) is 1.57. The Labute approximate surface area is 114 Å². The Bertz CT molecular complexity index is 539. The van der Waals surface area contributed by atoms with Gasteiger partial charge in [-0.25, -0.2) is 4.39 Å².